The zero-order valence-corrected chi connectivity index (χ0v) is 16.4. The SMILES string of the molecule is CCOP(=O)(O)c1cc(-c2ccc(C)cc2)ccc1C=Cc1ccccc1. The Morgan fingerprint density at radius 3 is 2.26 bits per heavy atom. The van der Waals surface area contributed by atoms with Crippen LogP contribution in [0.4, 0.5) is 0 Å². The maximum absolute atomic E-state index is 12.8. The van der Waals surface area contributed by atoms with Crippen LogP contribution < -0.4 is 5.30 Å². The second-order valence-electron chi connectivity index (χ2n) is 6.32. The number of hydrogen-bond donors (Lipinski definition) is 1. The maximum atomic E-state index is 12.8. The number of rotatable bonds is 6. The Hall–Kier alpha value is -2.45. The molecular formula is C23H23O3P. The lowest BCUT2D eigenvalue weighted by Crippen LogP contribution is -2.11. The van der Waals surface area contributed by atoms with Crippen molar-refractivity contribution in [1.82, 2.24) is 0 Å². The van der Waals surface area contributed by atoms with Crippen LogP contribution in [0.1, 0.15) is 23.6 Å². The normalized spacial score (nSPS) is 13.6. The van der Waals surface area contributed by atoms with Crippen molar-refractivity contribution in [2.24, 2.45) is 0 Å². The van der Waals surface area contributed by atoms with Gasteiger partial charge in [-0.05, 0) is 42.2 Å². The van der Waals surface area contributed by atoms with Crippen LogP contribution in [0.15, 0.2) is 72.8 Å². The molecule has 3 nitrogen and oxygen atoms in total. The van der Waals surface area contributed by atoms with Crippen molar-refractivity contribution in [1.29, 1.82) is 0 Å². The first-order valence-electron chi connectivity index (χ1n) is 8.92. The second-order valence-corrected chi connectivity index (χ2v) is 8.10. The molecule has 0 fully saturated rings. The van der Waals surface area contributed by atoms with Crippen molar-refractivity contribution >= 4 is 25.1 Å². The zero-order chi connectivity index (χ0) is 19.3. The van der Waals surface area contributed by atoms with Crippen LogP contribution in [0.5, 0.6) is 0 Å². The van der Waals surface area contributed by atoms with Crippen LogP contribution in [0.3, 0.4) is 0 Å². The van der Waals surface area contributed by atoms with E-state index in [1.54, 1.807) is 13.0 Å². The van der Waals surface area contributed by atoms with Gasteiger partial charge >= 0.3 is 7.60 Å². The van der Waals surface area contributed by atoms with E-state index in [0.29, 0.717) is 10.9 Å². The molecular weight excluding hydrogens is 355 g/mol. The molecule has 3 aromatic rings. The smallest absolute Gasteiger partial charge is 0.321 e. The van der Waals surface area contributed by atoms with E-state index in [1.165, 1.54) is 5.56 Å². The number of benzene rings is 3. The molecule has 3 aromatic carbocycles. The minimum atomic E-state index is -3.91. The van der Waals surface area contributed by atoms with E-state index in [-0.39, 0.29) is 6.61 Å². The summed E-state index contributed by atoms with van der Waals surface area (Å²) in [6.07, 6.45) is 3.78. The topological polar surface area (TPSA) is 46.5 Å². The second kappa shape index (κ2) is 8.49. The molecule has 1 atom stereocenters. The lowest BCUT2D eigenvalue weighted by Gasteiger charge is -2.15. The van der Waals surface area contributed by atoms with Gasteiger partial charge in [0.05, 0.1) is 11.9 Å². The summed E-state index contributed by atoms with van der Waals surface area (Å²) in [6, 6.07) is 23.5. The van der Waals surface area contributed by atoms with Crippen LogP contribution in [0.2, 0.25) is 0 Å². The molecule has 0 saturated carbocycles. The van der Waals surface area contributed by atoms with Gasteiger partial charge in [-0.25, -0.2) is 0 Å². The van der Waals surface area contributed by atoms with Crippen LogP contribution >= 0.6 is 7.60 Å². The highest BCUT2D eigenvalue weighted by Gasteiger charge is 2.25. The predicted molar refractivity (Wildman–Crippen MR) is 113 cm³/mol. The molecule has 0 aromatic heterocycles. The Balaban J connectivity index is 2.06. The molecule has 0 heterocycles. The van der Waals surface area contributed by atoms with Crippen LogP contribution in [-0.4, -0.2) is 11.5 Å². The van der Waals surface area contributed by atoms with Crippen LogP contribution in [0.25, 0.3) is 23.3 Å². The first kappa shape index (κ1) is 19.3. The van der Waals surface area contributed by atoms with Gasteiger partial charge in [0, 0.05) is 0 Å². The molecule has 0 aliphatic carbocycles. The Kier molecular flexibility index (Phi) is 6.08. The van der Waals surface area contributed by atoms with E-state index in [0.717, 1.165) is 16.7 Å². The molecule has 138 valence electrons. The first-order chi connectivity index (χ1) is 13.0. The maximum Gasteiger partial charge on any atom is 0.359 e. The lowest BCUT2D eigenvalue weighted by molar-refractivity contribution is 0.284. The van der Waals surface area contributed by atoms with E-state index in [2.05, 4.69) is 0 Å². The van der Waals surface area contributed by atoms with Gasteiger partial charge in [0.15, 0.2) is 0 Å². The largest absolute Gasteiger partial charge is 0.359 e. The molecule has 4 heteroatoms. The molecule has 0 radical (unpaired) electrons. The van der Waals surface area contributed by atoms with Crippen molar-refractivity contribution in [2.75, 3.05) is 6.61 Å². The summed E-state index contributed by atoms with van der Waals surface area (Å²) >= 11 is 0. The summed E-state index contributed by atoms with van der Waals surface area (Å²) < 4.78 is 18.0. The summed E-state index contributed by atoms with van der Waals surface area (Å²) in [4.78, 5) is 10.5. The molecule has 0 bridgehead atoms. The molecule has 1 N–H and O–H groups in total. The van der Waals surface area contributed by atoms with Crippen molar-refractivity contribution in [3.63, 3.8) is 0 Å². The van der Waals surface area contributed by atoms with Crippen LogP contribution in [-0.2, 0) is 9.09 Å². The Labute approximate surface area is 160 Å². The van der Waals surface area contributed by atoms with Gasteiger partial charge < -0.3 is 9.42 Å². The first-order valence-corrected chi connectivity index (χ1v) is 10.5. The van der Waals surface area contributed by atoms with E-state index in [9.17, 15) is 9.46 Å². The third-order valence-electron chi connectivity index (χ3n) is 4.28. The minimum Gasteiger partial charge on any atom is -0.321 e. The predicted octanol–water partition coefficient (Wildman–Crippen LogP) is 5.68. The fourth-order valence-corrected chi connectivity index (χ4v) is 4.12. The summed E-state index contributed by atoms with van der Waals surface area (Å²) in [5.41, 5.74) is 4.75. The van der Waals surface area contributed by atoms with E-state index in [4.69, 9.17) is 4.52 Å². The quantitative estimate of drug-likeness (QED) is 0.443. The van der Waals surface area contributed by atoms with Gasteiger partial charge in [-0.3, -0.25) is 4.57 Å². The van der Waals surface area contributed by atoms with Crippen molar-refractivity contribution in [2.45, 2.75) is 13.8 Å². The van der Waals surface area contributed by atoms with E-state index < -0.39 is 7.60 Å². The molecule has 27 heavy (non-hydrogen) atoms. The molecule has 1 unspecified atom stereocenters. The molecule has 0 saturated heterocycles. The third-order valence-corrected chi connectivity index (χ3v) is 5.88. The van der Waals surface area contributed by atoms with Gasteiger partial charge in [-0.1, -0.05) is 84.4 Å². The summed E-state index contributed by atoms with van der Waals surface area (Å²) in [5.74, 6) is 0. The number of hydrogen-bond acceptors (Lipinski definition) is 2. The highest BCUT2D eigenvalue weighted by atomic mass is 31.2. The van der Waals surface area contributed by atoms with Gasteiger partial charge in [-0.2, -0.15) is 0 Å². The standard InChI is InChI=1S/C23H23O3P/c1-3-26-27(24,25)23-17-22(20-12-9-18(2)10-13-20)16-15-21(23)14-11-19-7-5-4-6-8-19/h4-17H,3H2,1-2H3,(H,24,25). The fraction of sp³-hybridized carbons (Fsp3) is 0.130. The molecule has 0 aliphatic heterocycles. The zero-order valence-electron chi connectivity index (χ0n) is 15.5. The van der Waals surface area contributed by atoms with Gasteiger partial charge in [0.1, 0.15) is 0 Å². The highest BCUT2D eigenvalue weighted by Crippen LogP contribution is 2.43. The van der Waals surface area contributed by atoms with Gasteiger partial charge in [0.2, 0.25) is 0 Å². The fourth-order valence-electron chi connectivity index (χ4n) is 2.85. The Bertz CT molecular complexity index is 976. The van der Waals surface area contributed by atoms with Crippen LogP contribution in [0, 0.1) is 6.92 Å². The van der Waals surface area contributed by atoms with Crippen molar-refractivity contribution < 1.29 is 14.0 Å². The average molecular weight is 378 g/mol. The number of aryl methyl sites for hydroxylation is 1. The summed E-state index contributed by atoms with van der Waals surface area (Å²) in [5, 5.41) is 0.314. The average Bonchev–Trinajstić information content (AvgIpc) is 2.68. The van der Waals surface area contributed by atoms with Crippen molar-refractivity contribution in [3.8, 4) is 11.1 Å². The lowest BCUT2D eigenvalue weighted by atomic mass is 10.0. The minimum absolute atomic E-state index is 0.171. The Morgan fingerprint density at radius 2 is 1.59 bits per heavy atom. The third kappa shape index (κ3) is 4.84. The molecule has 0 amide bonds. The Morgan fingerprint density at radius 1 is 0.926 bits per heavy atom. The molecule has 0 aliphatic rings. The summed E-state index contributed by atoms with van der Waals surface area (Å²) in [7, 11) is -3.91. The van der Waals surface area contributed by atoms with E-state index >= 15 is 0 Å². The summed E-state index contributed by atoms with van der Waals surface area (Å²) in [6.45, 7) is 3.92. The highest BCUT2D eigenvalue weighted by molar-refractivity contribution is 7.61. The van der Waals surface area contributed by atoms with Gasteiger partial charge in [0.25, 0.3) is 0 Å². The molecule has 3 rings (SSSR count). The van der Waals surface area contributed by atoms with Gasteiger partial charge in [-0.15, -0.1) is 0 Å². The molecule has 0 spiro atoms. The monoisotopic (exact) mass is 378 g/mol. The van der Waals surface area contributed by atoms with Crippen molar-refractivity contribution in [3.05, 3.63) is 89.5 Å². The van der Waals surface area contributed by atoms with E-state index in [1.807, 2.05) is 85.8 Å².